The normalized spacial score (nSPS) is 17.4. The topological polar surface area (TPSA) is 17.3 Å². The summed E-state index contributed by atoms with van der Waals surface area (Å²) >= 11 is 6.34. The van der Waals surface area contributed by atoms with Crippen LogP contribution in [0.1, 0.15) is 44.1 Å². The molecule has 3 rings (SSSR count). The molecule has 1 aliphatic carbocycles. The smallest absolute Gasteiger partial charge is 0.0992 e. The van der Waals surface area contributed by atoms with E-state index >= 15 is 0 Å². The highest BCUT2D eigenvalue weighted by Crippen LogP contribution is 2.30. The molecule has 2 nitrogen and oxygen atoms in total. The number of imidazole rings is 1. The summed E-state index contributed by atoms with van der Waals surface area (Å²) in [6, 6.07) is 1.98. The van der Waals surface area contributed by atoms with Gasteiger partial charge in [-0.2, -0.15) is 0 Å². The number of fused-ring (bicyclic) bond motifs is 1. The summed E-state index contributed by atoms with van der Waals surface area (Å²) in [7, 11) is 0. The van der Waals surface area contributed by atoms with Gasteiger partial charge in [-0.1, -0.05) is 43.7 Å². The molecule has 0 N–H and O–H groups in total. The van der Waals surface area contributed by atoms with E-state index in [9.17, 15) is 0 Å². The van der Waals surface area contributed by atoms with Gasteiger partial charge in [-0.3, -0.25) is 0 Å². The van der Waals surface area contributed by atoms with Gasteiger partial charge in [-0.15, -0.1) is 0 Å². The number of hydrogen-bond donors (Lipinski definition) is 0. The van der Waals surface area contributed by atoms with Gasteiger partial charge < -0.3 is 4.40 Å². The lowest BCUT2D eigenvalue weighted by atomic mass is 9.85. The van der Waals surface area contributed by atoms with Crippen molar-refractivity contribution in [2.45, 2.75) is 44.9 Å². The molecule has 0 aliphatic heterocycles. The zero-order chi connectivity index (χ0) is 12.4. The van der Waals surface area contributed by atoms with E-state index in [1.807, 2.05) is 24.8 Å². The van der Waals surface area contributed by atoms with Crippen molar-refractivity contribution in [3.63, 3.8) is 0 Å². The standard InChI is InChI=1S/C15H19ClN2/c16-14-8-9-18-11-17-10-15(18)13(14)7-6-12-4-2-1-3-5-12/h8-12H,1-7H2. The number of rotatable bonds is 3. The first-order chi connectivity index (χ1) is 8.84. The molecule has 0 amide bonds. The second kappa shape index (κ2) is 5.31. The Morgan fingerprint density at radius 1 is 1.28 bits per heavy atom. The summed E-state index contributed by atoms with van der Waals surface area (Å²) in [6.07, 6.45) is 15.1. The van der Waals surface area contributed by atoms with E-state index in [4.69, 9.17) is 11.6 Å². The van der Waals surface area contributed by atoms with Crippen molar-refractivity contribution < 1.29 is 0 Å². The largest absolute Gasteiger partial charge is 0.306 e. The maximum absolute atomic E-state index is 6.34. The Morgan fingerprint density at radius 2 is 2.11 bits per heavy atom. The maximum atomic E-state index is 6.34. The molecular formula is C15H19ClN2. The molecule has 1 aliphatic rings. The van der Waals surface area contributed by atoms with Crippen LogP contribution in [0.5, 0.6) is 0 Å². The number of aromatic nitrogens is 2. The Morgan fingerprint density at radius 3 is 2.94 bits per heavy atom. The van der Waals surface area contributed by atoms with Gasteiger partial charge in [0.05, 0.1) is 18.0 Å². The first-order valence-electron chi connectivity index (χ1n) is 6.93. The van der Waals surface area contributed by atoms with Crippen LogP contribution in [0.4, 0.5) is 0 Å². The SMILES string of the molecule is Clc1ccn2cncc2c1CCC1CCCCC1. The molecule has 0 aromatic carbocycles. The van der Waals surface area contributed by atoms with Gasteiger partial charge in [0.25, 0.3) is 0 Å². The van der Waals surface area contributed by atoms with Crippen LogP contribution in [0.3, 0.4) is 0 Å². The minimum Gasteiger partial charge on any atom is -0.306 e. The second-order valence-corrected chi connectivity index (χ2v) is 5.78. The first-order valence-corrected chi connectivity index (χ1v) is 7.31. The summed E-state index contributed by atoms with van der Waals surface area (Å²) in [5.41, 5.74) is 2.43. The number of nitrogens with zero attached hydrogens (tertiary/aromatic N) is 2. The highest BCUT2D eigenvalue weighted by Gasteiger charge is 2.15. The molecule has 3 heteroatoms. The van der Waals surface area contributed by atoms with Crippen LogP contribution in [-0.4, -0.2) is 9.38 Å². The molecule has 18 heavy (non-hydrogen) atoms. The fourth-order valence-electron chi connectivity index (χ4n) is 3.10. The van der Waals surface area contributed by atoms with Gasteiger partial charge in [-0.25, -0.2) is 4.98 Å². The monoisotopic (exact) mass is 262 g/mol. The fourth-order valence-corrected chi connectivity index (χ4v) is 3.35. The Kier molecular flexibility index (Phi) is 3.55. The van der Waals surface area contributed by atoms with Crippen molar-refractivity contribution in [2.75, 3.05) is 0 Å². The zero-order valence-corrected chi connectivity index (χ0v) is 11.4. The third-order valence-electron chi connectivity index (χ3n) is 4.17. The van der Waals surface area contributed by atoms with Gasteiger partial charge >= 0.3 is 0 Å². The molecule has 2 aromatic rings. The van der Waals surface area contributed by atoms with Gasteiger partial charge in [0, 0.05) is 11.2 Å². The van der Waals surface area contributed by atoms with Crippen LogP contribution in [0, 0.1) is 5.92 Å². The molecule has 1 saturated carbocycles. The predicted octanol–water partition coefficient (Wildman–Crippen LogP) is 4.50. The summed E-state index contributed by atoms with van der Waals surface area (Å²) in [5, 5.41) is 0.888. The Balaban J connectivity index is 1.76. The molecule has 0 radical (unpaired) electrons. The van der Waals surface area contributed by atoms with Crippen molar-refractivity contribution in [1.29, 1.82) is 0 Å². The van der Waals surface area contributed by atoms with Crippen molar-refractivity contribution in [1.82, 2.24) is 9.38 Å². The third-order valence-corrected chi connectivity index (χ3v) is 4.53. The molecule has 0 atom stereocenters. The lowest BCUT2D eigenvalue weighted by Crippen LogP contribution is -2.07. The molecular weight excluding hydrogens is 244 g/mol. The van der Waals surface area contributed by atoms with E-state index in [0.29, 0.717) is 0 Å². The summed E-state index contributed by atoms with van der Waals surface area (Å²) in [6.45, 7) is 0. The number of halogens is 1. The van der Waals surface area contributed by atoms with Crippen molar-refractivity contribution in [2.24, 2.45) is 5.92 Å². The quantitative estimate of drug-likeness (QED) is 0.796. The van der Waals surface area contributed by atoms with Gasteiger partial charge in [0.2, 0.25) is 0 Å². The van der Waals surface area contributed by atoms with Crippen LogP contribution >= 0.6 is 11.6 Å². The lowest BCUT2D eigenvalue weighted by Gasteiger charge is -2.21. The van der Waals surface area contributed by atoms with E-state index in [1.165, 1.54) is 49.6 Å². The van der Waals surface area contributed by atoms with Crippen LogP contribution in [-0.2, 0) is 6.42 Å². The van der Waals surface area contributed by atoms with Crippen molar-refractivity contribution in [3.8, 4) is 0 Å². The lowest BCUT2D eigenvalue weighted by molar-refractivity contribution is 0.339. The molecule has 1 fully saturated rings. The van der Waals surface area contributed by atoms with Gasteiger partial charge in [0.1, 0.15) is 0 Å². The number of aryl methyl sites for hydroxylation is 1. The van der Waals surface area contributed by atoms with Gasteiger partial charge in [0.15, 0.2) is 0 Å². The van der Waals surface area contributed by atoms with Gasteiger partial charge in [-0.05, 0) is 30.4 Å². The number of pyridine rings is 1. The maximum Gasteiger partial charge on any atom is 0.0992 e. The fraction of sp³-hybridized carbons (Fsp3) is 0.533. The summed E-state index contributed by atoms with van der Waals surface area (Å²) in [5.74, 6) is 0.901. The van der Waals surface area contributed by atoms with Crippen molar-refractivity contribution in [3.05, 3.63) is 35.4 Å². The third kappa shape index (κ3) is 2.39. The minimum absolute atomic E-state index is 0.888. The first kappa shape index (κ1) is 12.0. The molecule has 2 aromatic heterocycles. The summed E-state index contributed by atoms with van der Waals surface area (Å²) in [4.78, 5) is 4.20. The average molecular weight is 263 g/mol. The molecule has 2 heterocycles. The predicted molar refractivity (Wildman–Crippen MR) is 75.1 cm³/mol. The average Bonchev–Trinajstić information content (AvgIpc) is 2.87. The Bertz CT molecular complexity index is 526. The summed E-state index contributed by atoms with van der Waals surface area (Å²) < 4.78 is 2.06. The molecule has 96 valence electrons. The van der Waals surface area contributed by atoms with Crippen molar-refractivity contribution >= 4 is 17.1 Å². The van der Waals surface area contributed by atoms with E-state index < -0.39 is 0 Å². The highest BCUT2D eigenvalue weighted by molar-refractivity contribution is 6.31. The Hall–Kier alpha value is -1.02. The molecule has 0 spiro atoms. The second-order valence-electron chi connectivity index (χ2n) is 5.37. The number of hydrogen-bond acceptors (Lipinski definition) is 1. The zero-order valence-electron chi connectivity index (χ0n) is 10.6. The van der Waals surface area contributed by atoms with E-state index in [2.05, 4.69) is 9.38 Å². The van der Waals surface area contributed by atoms with E-state index in [-0.39, 0.29) is 0 Å². The Labute approximate surface area is 113 Å². The molecule has 0 unspecified atom stereocenters. The molecule has 0 saturated heterocycles. The minimum atomic E-state index is 0.888. The van der Waals surface area contributed by atoms with E-state index in [0.717, 1.165) is 17.4 Å². The van der Waals surface area contributed by atoms with Crippen LogP contribution in [0.25, 0.3) is 5.52 Å². The van der Waals surface area contributed by atoms with Crippen LogP contribution in [0.15, 0.2) is 24.8 Å². The molecule has 0 bridgehead atoms. The van der Waals surface area contributed by atoms with Crippen LogP contribution in [0.2, 0.25) is 5.02 Å². The van der Waals surface area contributed by atoms with Crippen LogP contribution < -0.4 is 0 Å². The highest BCUT2D eigenvalue weighted by atomic mass is 35.5. The van der Waals surface area contributed by atoms with E-state index in [1.54, 1.807) is 0 Å².